The van der Waals surface area contributed by atoms with Crippen molar-refractivity contribution in [1.82, 2.24) is 25.0 Å². The molecule has 0 N–H and O–H groups in total. The highest BCUT2D eigenvalue weighted by Crippen LogP contribution is 2.36. The van der Waals surface area contributed by atoms with Gasteiger partial charge in [-0.05, 0) is 19.8 Å². The van der Waals surface area contributed by atoms with E-state index in [1.165, 1.54) is 12.4 Å². The van der Waals surface area contributed by atoms with Crippen molar-refractivity contribution < 1.29 is 14.1 Å². The van der Waals surface area contributed by atoms with Crippen molar-refractivity contribution in [2.45, 2.75) is 37.8 Å². The Hall–Kier alpha value is -2.35. The van der Waals surface area contributed by atoms with Crippen LogP contribution in [0.3, 0.4) is 0 Å². The molecular weight excluding hydrogens is 298 g/mol. The van der Waals surface area contributed by atoms with E-state index in [0.29, 0.717) is 30.6 Å². The highest BCUT2D eigenvalue weighted by atomic mass is 16.5. The molecule has 4 rings (SSSR count). The minimum Gasteiger partial charge on any atom is -0.376 e. The quantitative estimate of drug-likeness (QED) is 0.814. The van der Waals surface area contributed by atoms with Crippen molar-refractivity contribution in [3.05, 3.63) is 36.0 Å². The van der Waals surface area contributed by atoms with Gasteiger partial charge in [-0.2, -0.15) is 4.98 Å². The number of hydrogen-bond acceptors (Lipinski definition) is 7. The molecule has 4 heterocycles. The number of rotatable bonds is 2. The number of nitrogens with zero attached hydrogens (tertiary/aromatic N) is 5. The van der Waals surface area contributed by atoms with E-state index in [-0.39, 0.29) is 24.0 Å². The number of hydrogen-bond donors (Lipinski definition) is 0. The summed E-state index contributed by atoms with van der Waals surface area (Å²) in [6.07, 6.45) is 6.20. The fourth-order valence-electron chi connectivity index (χ4n) is 3.39. The van der Waals surface area contributed by atoms with Crippen molar-refractivity contribution in [1.29, 1.82) is 0 Å². The van der Waals surface area contributed by atoms with Crippen molar-refractivity contribution in [3.63, 3.8) is 0 Å². The van der Waals surface area contributed by atoms with E-state index in [1.807, 2.05) is 4.90 Å². The van der Waals surface area contributed by atoms with Gasteiger partial charge in [0.2, 0.25) is 5.89 Å². The first kappa shape index (κ1) is 14.3. The average Bonchev–Trinajstić information content (AvgIpc) is 3.22. The van der Waals surface area contributed by atoms with Gasteiger partial charge in [0.05, 0.1) is 24.3 Å². The second kappa shape index (κ2) is 5.69. The van der Waals surface area contributed by atoms with Gasteiger partial charge in [-0.15, -0.1) is 0 Å². The Kier molecular flexibility index (Phi) is 3.53. The van der Waals surface area contributed by atoms with Crippen LogP contribution in [0.2, 0.25) is 0 Å². The molecule has 0 aliphatic carbocycles. The number of piperidine rings is 1. The van der Waals surface area contributed by atoms with Gasteiger partial charge in [0.15, 0.2) is 5.82 Å². The van der Waals surface area contributed by atoms with Gasteiger partial charge in [-0.25, -0.2) is 4.98 Å². The lowest BCUT2D eigenvalue weighted by Crippen LogP contribution is -2.51. The monoisotopic (exact) mass is 315 g/mol. The number of carbonyl (C=O) groups is 1. The number of aromatic nitrogens is 4. The van der Waals surface area contributed by atoms with Gasteiger partial charge in [0, 0.05) is 25.5 Å². The molecular formula is C15H17N5O3. The summed E-state index contributed by atoms with van der Waals surface area (Å²) in [5.74, 6) is 1.02. The Morgan fingerprint density at radius 1 is 1.39 bits per heavy atom. The molecule has 2 saturated heterocycles. The zero-order valence-corrected chi connectivity index (χ0v) is 12.8. The van der Waals surface area contributed by atoms with Crippen LogP contribution in [0.5, 0.6) is 0 Å². The Labute approximate surface area is 132 Å². The van der Waals surface area contributed by atoms with E-state index in [2.05, 4.69) is 20.1 Å². The first-order valence-corrected chi connectivity index (χ1v) is 7.71. The Bertz CT molecular complexity index is 704. The summed E-state index contributed by atoms with van der Waals surface area (Å²) in [7, 11) is 0. The summed E-state index contributed by atoms with van der Waals surface area (Å²) in [6, 6.07) is 0.0739. The fraction of sp³-hybridized carbons (Fsp3) is 0.533. The van der Waals surface area contributed by atoms with E-state index >= 15 is 0 Å². The van der Waals surface area contributed by atoms with Gasteiger partial charge in [0.25, 0.3) is 5.91 Å². The van der Waals surface area contributed by atoms with Gasteiger partial charge < -0.3 is 14.2 Å². The molecule has 2 fully saturated rings. The summed E-state index contributed by atoms with van der Waals surface area (Å²) in [6.45, 7) is 2.98. The van der Waals surface area contributed by atoms with Crippen molar-refractivity contribution >= 4 is 5.91 Å². The molecule has 1 amide bonds. The number of fused-ring (bicyclic) bond motifs is 1. The number of carbonyl (C=O) groups excluding carboxylic acids is 1. The molecule has 8 nitrogen and oxygen atoms in total. The zero-order chi connectivity index (χ0) is 15.8. The average molecular weight is 315 g/mol. The van der Waals surface area contributed by atoms with Crippen LogP contribution in [0.25, 0.3) is 0 Å². The summed E-state index contributed by atoms with van der Waals surface area (Å²) in [5, 5.41) is 3.85. The maximum absolute atomic E-state index is 12.8. The van der Waals surface area contributed by atoms with Crippen LogP contribution in [-0.4, -0.2) is 56.2 Å². The van der Waals surface area contributed by atoms with Gasteiger partial charge in [-0.1, -0.05) is 5.16 Å². The number of likely N-dealkylation sites (tertiary alicyclic amines) is 1. The Morgan fingerprint density at radius 3 is 3.04 bits per heavy atom. The highest BCUT2D eigenvalue weighted by Gasteiger charge is 2.44. The van der Waals surface area contributed by atoms with E-state index in [0.717, 1.165) is 12.8 Å². The molecule has 23 heavy (non-hydrogen) atoms. The maximum Gasteiger partial charge on any atom is 0.274 e. The van der Waals surface area contributed by atoms with Crippen molar-refractivity contribution in [2.24, 2.45) is 0 Å². The molecule has 2 aromatic heterocycles. The van der Waals surface area contributed by atoms with Crippen molar-refractivity contribution in [2.75, 3.05) is 13.2 Å². The molecule has 2 aromatic rings. The molecule has 0 aromatic carbocycles. The minimum atomic E-state index is -0.125. The fourth-order valence-corrected chi connectivity index (χ4v) is 3.39. The first-order chi connectivity index (χ1) is 11.2. The van der Waals surface area contributed by atoms with E-state index < -0.39 is 0 Å². The largest absolute Gasteiger partial charge is 0.376 e. The number of aryl methyl sites for hydroxylation is 1. The lowest BCUT2D eigenvalue weighted by molar-refractivity contribution is 0.0121. The third kappa shape index (κ3) is 2.59. The predicted molar refractivity (Wildman–Crippen MR) is 77.6 cm³/mol. The topological polar surface area (TPSA) is 94.2 Å². The summed E-state index contributed by atoms with van der Waals surface area (Å²) in [5.41, 5.74) is 0.348. The van der Waals surface area contributed by atoms with E-state index in [4.69, 9.17) is 9.26 Å². The van der Waals surface area contributed by atoms with Crippen LogP contribution in [-0.2, 0) is 4.74 Å². The van der Waals surface area contributed by atoms with E-state index in [9.17, 15) is 4.79 Å². The smallest absolute Gasteiger partial charge is 0.274 e. The third-order valence-corrected chi connectivity index (χ3v) is 4.44. The lowest BCUT2D eigenvalue weighted by atomic mass is 9.89. The second-order valence-corrected chi connectivity index (χ2v) is 5.93. The summed E-state index contributed by atoms with van der Waals surface area (Å²) >= 11 is 0. The molecule has 0 radical (unpaired) electrons. The molecule has 3 atom stereocenters. The van der Waals surface area contributed by atoms with Crippen LogP contribution in [0.1, 0.15) is 41.0 Å². The van der Waals surface area contributed by atoms with Crippen LogP contribution in [0, 0.1) is 6.92 Å². The predicted octanol–water partition coefficient (Wildman–Crippen LogP) is 0.955. The van der Waals surface area contributed by atoms with E-state index in [1.54, 1.807) is 13.1 Å². The van der Waals surface area contributed by atoms with Gasteiger partial charge >= 0.3 is 0 Å². The molecule has 2 aliphatic heterocycles. The standard InChI is InChI=1S/C15H17N5O3/c1-9-18-14(23-19-9)10-6-13-12(2-5-22-13)20(8-10)15(21)11-7-16-3-4-17-11/h3-4,7,10,12-13H,2,5-6,8H2,1H3/t10-,12-,13-/m1/s1. The molecule has 8 heteroatoms. The maximum atomic E-state index is 12.8. The minimum absolute atomic E-state index is 0.00146. The van der Waals surface area contributed by atoms with Crippen LogP contribution < -0.4 is 0 Å². The number of ether oxygens (including phenoxy) is 1. The molecule has 2 aliphatic rings. The van der Waals surface area contributed by atoms with Crippen molar-refractivity contribution in [3.8, 4) is 0 Å². The van der Waals surface area contributed by atoms with Crippen LogP contribution >= 0.6 is 0 Å². The Morgan fingerprint density at radius 2 is 2.30 bits per heavy atom. The normalized spacial score (nSPS) is 27.0. The lowest BCUT2D eigenvalue weighted by Gasteiger charge is -2.39. The van der Waals surface area contributed by atoms with Gasteiger partial charge in [0.1, 0.15) is 5.69 Å². The summed E-state index contributed by atoms with van der Waals surface area (Å²) < 4.78 is 11.1. The highest BCUT2D eigenvalue weighted by molar-refractivity contribution is 5.92. The zero-order valence-electron chi connectivity index (χ0n) is 12.8. The van der Waals surface area contributed by atoms with Crippen LogP contribution in [0.4, 0.5) is 0 Å². The molecule has 0 unspecified atom stereocenters. The first-order valence-electron chi connectivity index (χ1n) is 7.71. The molecule has 0 bridgehead atoms. The SMILES string of the molecule is Cc1noc([C@@H]2C[C@H]3OCC[C@H]3N(C(=O)c3cnccn3)C2)n1. The third-order valence-electron chi connectivity index (χ3n) is 4.44. The second-order valence-electron chi connectivity index (χ2n) is 5.93. The number of amides is 1. The van der Waals surface area contributed by atoms with Crippen LogP contribution in [0.15, 0.2) is 23.1 Å². The molecule has 120 valence electrons. The Balaban J connectivity index is 1.62. The summed E-state index contributed by atoms with van der Waals surface area (Å²) in [4.78, 5) is 27.1. The van der Waals surface area contributed by atoms with Gasteiger partial charge in [-0.3, -0.25) is 9.78 Å². The molecule has 0 spiro atoms. The molecule has 0 saturated carbocycles.